The molecule has 4 aromatic rings. The summed E-state index contributed by atoms with van der Waals surface area (Å²) in [5.41, 5.74) is 3.20. The number of benzene rings is 2. The summed E-state index contributed by atoms with van der Waals surface area (Å²) >= 11 is 0. The van der Waals surface area contributed by atoms with Crippen LogP contribution in [-0.4, -0.2) is 59.7 Å². The summed E-state index contributed by atoms with van der Waals surface area (Å²) in [5, 5.41) is 19.2. The Morgan fingerprint density at radius 1 is 0.969 bits per heavy atom. The third-order valence-electron chi connectivity index (χ3n) is 6.97. The number of nitrogens with zero attached hydrogens (tertiary/aromatic N) is 6. The largest absolute Gasteiger partial charge is 0.391 e. The van der Waals surface area contributed by atoms with Crippen LogP contribution >= 0.6 is 0 Å². The standard InChI is InChI=1S/C24H24N6O2/c31-23-11-17-13-28(24(32)20-14-30(27-26-20)18-6-2-1-3-7-18)12-16(17)10-22(23)29-15-25-19-8-4-5-9-21(19)29/h1-9,14-17,22-23,31H,10-13H2/t16-,17+,22-,23-/m1/s1. The molecular weight excluding hydrogens is 404 g/mol. The summed E-state index contributed by atoms with van der Waals surface area (Å²) in [5.74, 6) is 0.544. The molecular formula is C24H24N6O2. The third-order valence-corrected chi connectivity index (χ3v) is 6.97. The first-order chi connectivity index (χ1) is 15.7. The first-order valence-corrected chi connectivity index (χ1v) is 11.0. The van der Waals surface area contributed by atoms with Crippen molar-refractivity contribution in [3.63, 3.8) is 0 Å². The van der Waals surface area contributed by atoms with Crippen molar-refractivity contribution in [1.82, 2.24) is 29.4 Å². The number of carbonyl (C=O) groups excluding carboxylic acids is 1. The predicted molar refractivity (Wildman–Crippen MR) is 118 cm³/mol. The van der Waals surface area contributed by atoms with Crippen molar-refractivity contribution in [2.24, 2.45) is 11.8 Å². The molecule has 162 valence electrons. The van der Waals surface area contributed by atoms with Crippen LogP contribution in [0.1, 0.15) is 29.4 Å². The van der Waals surface area contributed by atoms with Crippen molar-refractivity contribution >= 4 is 16.9 Å². The molecule has 2 aliphatic rings. The molecule has 0 spiro atoms. The van der Waals surface area contributed by atoms with Gasteiger partial charge in [0.25, 0.3) is 5.91 Å². The lowest BCUT2D eigenvalue weighted by molar-refractivity contribution is 0.0374. The number of imidazole rings is 1. The van der Waals surface area contributed by atoms with Gasteiger partial charge in [0.2, 0.25) is 0 Å². The highest BCUT2D eigenvalue weighted by Gasteiger charge is 2.44. The number of rotatable bonds is 3. The third kappa shape index (κ3) is 3.18. The molecule has 1 amide bonds. The zero-order valence-corrected chi connectivity index (χ0v) is 17.5. The molecule has 32 heavy (non-hydrogen) atoms. The monoisotopic (exact) mass is 428 g/mol. The summed E-state index contributed by atoms with van der Waals surface area (Å²) in [4.78, 5) is 19.5. The maximum absolute atomic E-state index is 13.1. The number of aliphatic hydroxyl groups excluding tert-OH is 1. The zero-order valence-electron chi connectivity index (χ0n) is 17.5. The highest BCUT2D eigenvalue weighted by molar-refractivity contribution is 5.92. The van der Waals surface area contributed by atoms with E-state index < -0.39 is 6.10 Å². The van der Waals surface area contributed by atoms with Crippen LogP contribution in [0, 0.1) is 11.8 Å². The normalized spacial score (nSPS) is 25.2. The van der Waals surface area contributed by atoms with Gasteiger partial charge >= 0.3 is 0 Å². The fourth-order valence-electron chi connectivity index (χ4n) is 5.35. The lowest BCUT2D eigenvalue weighted by Gasteiger charge is -2.36. The lowest BCUT2D eigenvalue weighted by atomic mass is 9.77. The Morgan fingerprint density at radius 2 is 1.72 bits per heavy atom. The van der Waals surface area contributed by atoms with Crippen molar-refractivity contribution in [2.45, 2.75) is 25.0 Å². The number of carbonyl (C=O) groups is 1. The molecule has 3 heterocycles. The maximum Gasteiger partial charge on any atom is 0.276 e. The van der Waals surface area contributed by atoms with Crippen LogP contribution in [0.15, 0.2) is 67.1 Å². The van der Waals surface area contributed by atoms with Crippen LogP contribution in [0.3, 0.4) is 0 Å². The molecule has 1 aliphatic heterocycles. The quantitative estimate of drug-likeness (QED) is 0.542. The Morgan fingerprint density at radius 3 is 2.56 bits per heavy atom. The van der Waals surface area contributed by atoms with E-state index >= 15 is 0 Å². The molecule has 1 N–H and O–H groups in total. The fourth-order valence-corrected chi connectivity index (χ4v) is 5.35. The number of fused-ring (bicyclic) bond motifs is 2. The Labute approximate surface area is 185 Å². The van der Waals surface area contributed by atoms with E-state index in [1.54, 1.807) is 10.9 Å². The summed E-state index contributed by atoms with van der Waals surface area (Å²) in [7, 11) is 0. The molecule has 2 aromatic heterocycles. The molecule has 6 rings (SSSR count). The summed E-state index contributed by atoms with van der Waals surface area (Å²) < 4.78 is 3.73. The average molecular weight is 428 g/mol. The minimum atomic E-state index is -0.456. The Balaban J connectivity index is 1.19. The first kappa shape index (κ1) is 19.2. The number of aliphatic hydroxyl groups is 1. The molecule has 2 fully saturated rings. The number of para-hydroxylation sites is 3. The molecule has 0 radical (unpaired) electrons. The molecule has 1 saturated heterocycles. The second kappa shape index (κ2) is 7.56. The maximum atomic E-state index is 13.1. The van der Waals surface area contributed by atoms with E-state index in [1.165, 1.54) is 0 Å². The smallest absolute Gasteiger partial charge is 0.276 e. The summed E-state index contributed by atoms with van der Waals surface area (Å²) in [6.07, 6.45) is 4.57. The van der Waals surface area contributed by atoms with Crippen molar-refractivity contribution in [3.05, 3.63) is 72.8 Å². The van der Waals surface area contributed by atoms with E-state index in [-0.39, 0.29) is 11.9 Å². The molecule has 8 nitrogen and oxygen atoms in total. The first-order valence-electron chi connectivity index (χ1n) is 11.0. The van der Waals surface area contributed by atoms with Crippen LogP contribution in [-0.2, 0) is 0 Å². The fraction of sp³-hybridized carbons (Fsp3) is 0.333. The predicted octanol–water partition coefficient (Wildman–Crippen LogP) is 2.70. The molecule has 0 unspecified atom stereocenters. The second-order valence-corrected chi connectivity index (χ2v) is 8.86. The SMILES string of the molecule is O=C(c1cn(-c2ccccc2)nn1)N1C[C@H]2C[C@@H](n3cnc4ccccc43)[C@H](O)C[C@H]2C1. The molecule has 4 atom stereocenters. The Bertz CT molecular complexity index is 1270. The minimum Gasteiger partial charge on any atom is -0.391 e. The van der Waals surface area contributed by atoms with Crippen LogP contribution < -0.4 is 0 Å². The molecule has 8 heteroatoms. The van der Waals surface area contributed by atoms with Gasteiger partial charge in [0.15, 0.2) is 5.69 Å². The van der Waals surface area contributed by atoms with Crippen LogP contribution in [0.2, 0.25) is 0 Å². The molecule has 1 saturated carbocycles. The van der Waals surface area contributed by atoms with Gasteiger partial charge < -0.3 is 14.6 Å². The Hall–Kier alpha value is -3.52. The lowest BCUT2D eigenvalue weighted by Crippen LogP contribution is -2.36. The zero-order chi connectivity index (χ0) is 21.7. The molecule has 2 aromatic carbocycles. The highest BCUT2D eigenvalue weighted by atomic mass is 16.3. The van der Waals surface area contributed by atoms with Gasteiger partial charge in [0, 0.05) is 13.1 Å². The van der Waals surface area contributed by atoms with Crippen molar-refractivity contribution < 1.29 is 9.90 Å². The van der Waals surface area contributed by atoms with E-state index in [1.807, 2.05) is 65.8 Å². The van der Waals surface area contributed by atoms with Crippen LogP contribution in [0.4, 0.5) is 0 Å². The van der Waals surface area contributed by atoms with E-state index in [0.29, 0.717) is 37.0 Å². The van der Waals surface area contributed by atoms with Crippen molar-refractivity contribution in [2.75, 3.05) is 13.1 Å². The summed E-state index contributed by atoms with van der Waals surface area (Å²) in [6.45, 7) is 1.33. The average Bonchev–Trinajstić information content (AvgIpc) is 3.56. The van der Waals surface area contributed by atoms with Crippen molar-refractivity contribution in [3.8, 4) is 5.69 Å². The van der Waals surface area contributed by atoms with Gasteiger partial charge in [0.05, 0.1) is 41.4 Å². The van der Waals surface area contributed by atoms with Gasteiger partial charge in [-0.05, 0) is 48.9 Å². The van der Waals surface area contributed by atoms with Crippen LogP contribution in [0.5, 0.6) is 0 Å². The highest BCUT2D eigenvalue weighted by Crippen LogP contribution is 2.42. The molecule has 0 bridgehead atoms. The van der Waals surface area contributed by atoms with Crippen molar-refractivity contribution in [1.29, 1.82) is 0 Å². The Kier molecular flexibility index (Phi) is 4.53. The second-order valence-electron chi connectivity index (χ2n) is 8.86. The number of hydrogen-bond donors (Lipinski definition) is 1. The number of hydrogen-bond acceptors (Lipinski definition) is 5. The number of amides is 1. The van der Waals surface area contributed by atoms with E-state index in [2.05, 4.69) is 19.9 Å². The van der Waals surface area contributed by atoms with E-state index in [9.17, 15) is 9.90 Å². The van der Waals surface area contributed by atoms with Gasteiger partial charge in [-0.3, -0.25) is 4.79 Å². The minimum absolute atomic E-state index is 0.0299. The number of aromatic nitrogens is 5. The van der Waals surface area contributed by atoms with E-state index in [0.717, 1.165) is 23.1 Å². The van der Waals surface area contributed by atoms with Gasteiger partial charge in [-0.15, -0.1) is 5.10 Å². The summed E-state index contributed by atoms with van der Waals surface area (Å²) in [6, 6.07) is 17.6. The number of likely N-dealkylation sites (tertiary alicyclic amines) is 1. The van der Waals surface area contributed by atoms with Gasteiger partial charge in [-0.1, -0.05) is 35.5 Å². The van der Waals surface area contributed by atoms with Crippen LogP contribution in [0.25, 0.3) is 16.7 Å². The van der Waals surface area contributed by atoms with Gasteiger partial charge in [0.1, 0.15) is 0 Å². The van der Waals surface area contributed by atoms with Gasteiger partial charge in [-0.2, -0.15) is 0 Å². The molecule has 1 aliphatic carbocycles. The topological polar surface area (TPSA) is 89.1 Å². The van der Waals surface area contributed by atoms with Gasteiger partial charge in [-0.25, -0.2) is 9.67 Å². The van der Waals surface area contributed by atoms with E-state index in [4.69, 9.17) is 0 Å².